The van der Waals surface area contributed by atoms with E-state index >= 15 is 0 Å². The van der Waals surface area contributed by atoms with Crippen LogP contribution in [0.25, 0.3) is 0 Å². The first-order valence-corrected chi connectivity index (χ1v) is 5.34. The van der Waals surface area contributed by atoms with Crippen molar-refractivity contribution in [1.29, 1.82) is 0 Å². The molecule has 72 valence electrons. The fraction of sp³-hybridized carbons (Fsp3) is 0.400. The van der Waals surface area contributed by atoms with E-state index in [1.54, 1.807) is 0 Å². The maximum Gasteiger partial charge on any atom is 0.190 e. The lowest BCUT2D eigenvalue weighted by molar-refractivity contribution is 0.0440. The number of aryl methyl sites for hydroxylation is 1. The Hall–Kier alpha value is -0.540. The molecule has 0 aliphatic carbocycles. The van der Waals surface area contributed by atoms with Crippen LogP contribution in [0.15, 0.2) is 24.3 Å². The van der Waals surface area contributed by atoms with Crippen molar-refractivity contribution in [3.05, 3.63) is 29.8 Å². The van der Waals surface area contributed by atoms with E-state index in [2.05, 4.69) is 28.9 Å². The summed E-state index contributed by atoms with van der Waals surface area (Å²) in [6, 6.07) is 8.02. The molecule has 0 unspecified atom stereocenters. The molecule has 0 fully saturated rings. The Morgan fingerprint density at radius 2 is 2.23 bits per heavy atom. The smallest absolute Gasteiger partial charge is 0.190 e. The maximum absolute atomic E-state index is 5.34. The maximum atomic E-state index is 5.34. The average molecular weight is 245 g/mol. The van der Waals surface area contributed by atoms with Crippen molar-refractivity contribution in [3.63, 3.8) is 0 Å². The highest BCUT2D eigenvalue weighted by Gasteiger charge is 1.94. The van der Waals surface area contributed by atoms with Crippen molar-refractivity contribution in [3.8, 4) is 5.75 Å². The molecule has 0 N–H and O–H groups in total. The number of hydrogen-bond acceptors (Lipinski definition) is 2. The van der Waals surface area contributed by atoms with Gasteiger partial charge in [-0.05, 0) is 24.1 Å². The van der Waals surface area contributed by atoms with E-state index < -0.39 is 0 Å². The minimum atomic E-state index is 0.290. The van der Waals surface area contributed by atoms with E-state index in [1.807, 2.05) is 18.2 Å². The standard InChI is InChI=1S/C10H13BrO2/c1-2-9-4-3-5-10(6-9)13-8-12-7-11/h3-6H,2,7-8H2,1H3. The van der Waals surface area contributed by atoms with E-state index in [4.69, 9.17) is 9.47 Å². The Morgan fingerprint density at radius 3 is 2.92 bits per heavy atom. The molecule has 0 aromatic heterocycles. The zero-order valence-corrected chi connectivity index (χ0v) is 9.21. The average Bonchev–Trinajstić information content (AvgIpc) is 2.19. The van der Waals surface area contributed by atoms with Crippen LogP contribution in [-0.4, -0.2) is 12.3 Å². The highest BCUT2D eigenvalue weighted by Crippen LogP contribution is 2.13. The lowest BCUT2D eigenvalue weighted by Crippen LogP contribution is -2.01. The van der Waals surface area contributed by atoms with Gasteiger partial charge in [-0.2, -0.15) is 0 Å². The van der Waals surface area contributed by atoms with Gasteiger partial charge in [0.1, 0.15) is 11.3 Å². The summed E-state index contributed by atoms with van der Waals surface area (Å²) in [7, 11) is 0. The van der Waals surface area contributed by atoms with Crippen LogP contribution >= 0.6 is 15.9 Å². The molecule has 0 saturated heterocycles. The number of benzene rings is 1. The van der Waals surface area contributed by atoms with Crippen LogP contribution in [0.2, 0.25) is 0 Å². The zero-order valence-electron chi connectivity index (χ0n) is 7.63. The molecule has 1 rings (SSSR count). The van der Waals surface area contributed by atoms with E-state index in [-0.39, 0.29) is 0 Å². The number of ether oxygens (including phenoxy) is 2. The van der Waals surface area contributed by atoms with Crippen LogP contribution in [0.5, 0.6) is 5.75 Å². The number of alkyl halides is 1. The van der Waals surface area contributed by atoms with Gasteiger partial charge in [-0.3, -0.25) is 0 Å². The summed E-state index contributed by atoms with van der Waals surface area (Å²) in [6.07, 6.45) is 1.02. The predicted molar refractivity (Wildman–Crippen MR) is 56.2 cm³/mol. The summed E-state index contributed by atoms with van der Waals surface area (Å²) in [5.74, 6) is 0.861. The summed E-state index contributed by atoms with van der Waals surface area (Å²) in [4.78, 5) is 0. The fourth-order valence-electron chi connectivity index (χ4n) is 0.996. The van der Waals surface area contributed by atoms with Gasteiger partial charge in [0.25, 0.3) is 0 Å². The predicted octanol–water partition coefficient (Wildman–Crippen LogP) is 2.95. The molecule has 0 spiro atoms. The van der Waals surface area contributed by atoms with Crippen molar-refractivity contribution < 1.29 is 9.47 Å². The van der Waals surface area contributed by atoms with E-state index in [0.717, 1.165) is 12.2 Å². The first kappa shape index (κ1) is 10.5. The molecule has 2 nitrogen and oxygen atoms in total. The first-order chi connectivity index (χ1) is 6.36. The molecule has 13 heavy (non-hydrogen) atoms. The summed E-state index contributed by atoms with van der Waals surface area (Å²) in [6.45, 7) is 2.41. The van der Waals surface area contributed by atoms with Gasteiger partial charge in [0.05, 0.1) is 0 Å². The van der Waals surface area contributed by atoms with Crippen molar-refractivity contribution >= 4 is 15.9 Å². The van der Waals surface area contributed by atoms with Crippen molar-refractivity contribution in [2.24, 2.45) is 0 Å². The molecule has 3 heteroatoms. The van der Waals surface area contributed by atoms with Gasteiger partial charge < -0.3 is 9.47 Å². The minimum Gasteiger partial charge on any atom is -0.468 e. The zero-order chi connectivity index (χ0) is 9.52. The first-order valence-electron chi connectivity index (χ1n) is 4.22. The largest absolute Gasteiger partial charge is 0.468 e. The number of rotatable bonds is 5. The molecular weight excluding hydrogens is 232 g/mol. The molecule has 1 aromatic rings. The second-order valence-electron chi connectivity index (χ2n) is 2.58. The Bertz CT molecular complexity index is 250. The Labute approximate surface area is 87.0 Å². The molecule has 0 amide bonds. The number of halogens is 1. The van der Waals surface area contributed by atoms with Crippen LogP contribution in [0.3, 0.4) is 0 Å². The third-order valence-electron chi connectivity index (χ3n) is 1.69. The van der Waals surface area contributed by atoms with Crippen molar-refractivity contribution in [2.75, 3.05) is 12.3 Å². The normalized spacial score (nSPS) is 10.0. The summed E-state index contributed by atoms with van der Waals surface area (Å²) < 4.78 is 10.3. The van der Waals surface area contributed by atoms with E-state index in [0.29, 0.717) is 12.3 Å². The van der Waals surface area contributed by atoms with Crippen LogP contribution in [0.1, 0.15) is 12.5 Å². The van der Waals surface area contributed by atoms with Crippen molar-refractivity contribution in [1.82, 2.24) is 0 Å². The Kier molecular flexibility index (Phi) is 4.86. The van der Waals surface area contributed by atoms with Gasteiger partial charge in [0.15, 0.2) is 6.79 Å². The monoisotopic (exact) mass is 244 g/mol. The third-order valence-corrected chi connectivity index (χ3v) is 2.02. The van der Waals surface area contributed by atoms with Gasteiger partial charge in [-0.25, -0.2) is 0 Å². The lowest BCUT2D eigenvalue weighted by Gasteiger charge is -2.06. The quantitative estimate of drug-likeness (QED) is 0.451. The van der Waals surface area contributed by atoms with E-state index in [9.17, 15) is 0 Å². The minimum absolute atomic E-state index is 0.290. The summed E-state index contributed by atoms with van der Waals surface area (Å²) in [5, 5.41) is 0. The highest BCUT2D eigenvalue weighted by molar-refractivity contribution is 9.09. The van der Waals surface area contributed by atoms with Crippen LogP contribution in [0.4, 0.5) is 0 Å². The fourth-order valence-corrected chi connectivity index (χ4v) is 1.13. The van der Waals surface area contributed by atoms with Crippen LogP contribution in [0, 0.1) is 0 Å². The molecule has 0 heterocycles. The molecule has 0 saturated carbocycles. The molecule has 0 atom stereocenters. The number of hydrogen-bond donors (Lipinski definition) is 0. The SMILES string of the molecule is CCc1cccc(OCOCBr)c1. The van der Waals surface area contributed by atoms with Crippen molar-refractivity contribution in [2.45, 2.75) is 13.3 Å². The van der Waals surface area contributed by atoms with Gasteiger partial charge in [-0.15, -0.1) is 0 Å². The molecule has 0 radical (unpaired) electrons. The van der Waals surface area contributed by atoms with E-state index in [1.165, 1.54) is 5.56 Å². The molecular formula is C10H13BrO2. The summed E-state index contributed by atoms with van der Waals surface area (Å²) in [5.41, 5.74) is 1.77. The Balaban J connectivity index is 2.46. The molecule has 0 bridgehead atoms. The molecule has 0 aliphatic heterocycles. The Morgan fingerprint density at radius 1 is 1.38 bits per heavy atom. The lowest BCUT2D eigenvalue weighted by atomic mass is 10.2. The van der Waals surface area contributed by atoms with Gasteiger partial charge in [0, 0.05) is 0 Å². The third kappa shape index (κ3) is 3.79. The second-order valence-corrected chi connectivity index (χ2v) is 3.03. The van der Waals surface area contributed by atoms with Gasteiger partial charge in [-0.1, -0.05) is 35.0 Å². The molecule has 0 aliphatic rings. The topological polar surface area (TPSA) is 18.5 Å². The summed E-state index contributed by atoms with van der Waals surface area (Å²) >= 11 is 3.15. The van der Waals surface area contributed by atoms with Crippen LogP contribution in [-0.2, 0) is 11.2 Å². The van der Waals surface area contributed by atoms with Gasteiger partial charge >= 0.3 is 0 Å². The second kappa shape index (κ2) is 6.00. The molecule has 1 aromatic carbocycles. The van der Waals surface area contributed by atoms with Gasteiger partial charge in [0.2, 0.25) is 0 Å². The van der Waals surface area contributed by atoms with Crippen LogP contribution < -0.4 is 4.74 Å². The highest BCUT2D eigenvalue weighted by atomic mass is 79.9.